The lowest BCUT2D eigenvalue weighted by molar-refractivity contribution is -0.142. The van der Waals surface area contributed by atoms with Crippen molar-refractivity contribution >= 4 is 11.8 Å². The normalized spacial score (nSPS) is 12.7. The van der Waals surface area contributed by atoms with Crippen molar-refractivity contribution in [3.8, 4) is 5.75 Å². The van der Waals surface area contributed by atoms with Gasteiger partial charge in [-0.2, -0.15) is 0 Å². The Bertz CT molecular complexity index is 923. The third-order valence-corrected chi connectivity index (χ3v) is 5.72. The molecule has 0 aliphatic heterocycles. The van der Waals surface area contributed by atoms with Crippen LogP contribution in [0, 0.1) is 27.7 Å². The first-order valence-electron chi connectivity index (χ1n) is 11.0. The Morgan fingerprint density at radius 3 is 2.39 bits per heavy atom. The largest absolute Gasteiger partial charge is 0.483 e. The van der Waals surface area contributed by atoms with E-state index in [1.54, 1.807) is 11.8 Å². The van der Waals surface area contributed by atoms with Crippen molar-refractivity contribution in [2.75, 3.05) is 6.61 Å². The molecule has 0 radical (unpaired) electrons. The molecule has 31 heavy (non-hydrogen) atoms. The fourth-order valence-electron chi connectivity index (χ4n) is 3.43. The Labute approximate surface area is 186 Å². The van der Waals surface area contributed by atoms with Gasteiger partial charge in [-0.15, -0.1) is 0 Å². The van der Waals surface area contributed by atoms with Crippen molar-refractivity contribution in [1.29, 1.82) is 0 Å². The number of carbonyl (C=O) groups is 2. The van der Waals surface area contributed by atoms with Gasteiger partial charge in [0, 0.05) is 12.6 Å². The van der Waals surface area contributed by atoms with Gasteiger partial charge >= 0.3 is 0 Å². The third-order valence-electron chi connectivity index (χ3n) is 5.72. The van der Waals surface area contributed by atoms with Crippen molar-refractivity contribution in [1.82, 2.24) is 10.2 Å². The number of aryl methyl sites for hydroxylation is 3. The van der Waals surface area contributed by atoms with Crippen LogP contribution >= 0.6 is 0 Å². The Balaban J connectivity index is 2.22. The van der Waals surface area contributed by atoms with Crippen LogP contribution in [0.1, 0.15) is 55.0 Å². The zero-order valence-corrected chi connectivity index (χ0v) is 19.9. The van der Waals surface area contributed by atoms with Crippen molar-refractivity contribution in [3.05, 3.63) is 64.2 Å². The number of hydrogen-bond donors (Lipinski definition) is 1. The first-order valence-corrected chi connectivity index (χ1v) is 11.0. The van der Waals surface area contributed by atoms with Crippen LogP contribution in [0.15, 0.2) is 36.4 Å². The van der Waals surface area contributed by atoms with E-state index in [1.165, 1.54) is 0 Å². The number of ether oxygens (including phenoxy) is 1. The lowest BCUT2D eigenvalue weighted by Gasteiger charge is -2.30. The van der Waals surface area contributed by atoms with Gasteiger partial charge in [0.15, 0.2) is 6.61 Å². The van der Waals surface area contributed by atoms with Crippen LogP contribution in [0.3, 0.4) is 0 Å². The molecule has 2 atom stereocenters. The topological polar surface area (TPSA) is 58.6 Å². The van der Waals surface area contributed by atoms with E-state index in [0.717, 1.165) is 34.2 Å². The molecule has 0 saturated heterocycles. The average Bonchev–Trinajstić information content (AvgIpc) is 2.72. The molecule has 5 nitrogen and oxygen atoms in total. The second-order valence-corrected chi connectivity index (χ2v) is 8.50. The fourth-order valence-corrected chi connectivity index (χ4v) is 3.43. The highest BCUT2D eigenvalue weighted by Gasteiger charge is 2.27. The summed E-state index contributed by atoms with van der Waals surface area (Å²) >= 11 is 0. The Hall–Kier alpha value is -2.82. The minimum Gasteiger partial charge on any atom is -0.483 e. The van der Waals surface area contributed by atoms with Gasteiger partial charge in [-0.3, -0.25) is 9.59 Å². The number of hydrogen-bond acceptors (Lipinski definition) is 3. The molecule has 0 heterocycles. The summed E-state index contributed by atoms with van der Waals surface area (Å²) in [6, 6.07) is 11.5. The second kappa shape index (κ2) is 11.0. The van der Waals surface area contributed by atoms with E-state index in [0.29, 0.717) is 12.3 Å². The predicted octanol–water partition coefficient (Wildman–Crippen LogP) is 4.63. The number of nitrogens with one attached hydrogen (secondary N) is 1. The molecule has 1 N–H and O–H groups in total. The van der Waals surface area contributed by atoms with Gasteiger partial charge in [0.2, 0.25) is 5.91 Å². The summed E-state index contributed by atoms with van der Waals surface area (Å²) in [5.74, 6) is 0.336. The zero-order chi connectivity index (χ0) is 23.1. The molecule has 0 unspecified atom stereocenters. The van der Waals surface area contributed by atoms with Gasteiger partial charge < -0.3 is 15.0 Å². The van der Waals surface area contributed by atoms with Gasteiger partial charge in [0.25, 0.3) is 5.91 Å². The van der Waals surface area contributed by atoms with Crippen LogP contribution in [0.4, 0.5) is 0 Å². The molecule has 0 spiro atoms. The summed E-state index contributed by atoms with van der Waals surface area (Å²) in [5.41, 5.74) is 5.33. The SMILES string of the molecule is CC[C@@H](C)NC(=O)[C@H](C)N(Cc1cccc(C)c1)C(=O)COc1cc(C)cc(C)c1C. The fraction of sp³-hybridized carbons (Fsp3) is 0.462. The maximum absolute atomic E-state index is 13.2. The lowest BCUT2D eigenvalue weighted by Crippen LogP contribution is -2.50. The summed E-state index contributed by atoms with van der Waals surface area (Å²) in [4.78, 5) is 27.6. The summed E-state index contributed by atoms with van der Waals surface area (Å²) < 4.78 is 5.91. The molecule has 168 valence electrons. The Morgan fingerprint density at radius 2 is 1.74 bits per heavy atom. The van der Waals surface area contributed by atoms with E-state index in [9.17, 15) is 9.59 Å². The summed E-state index contributed by atoms with van der Waals surface area (Å²) in [6.07, 6.45) is 0.833. The molecule has 0 saturated carbocycles. The van der Waals surface area contributed by atoms with Gasteiger partial charge in [-0.1, -0.05) is 42.8 Å². The number of carbonyl (C=O) groups excluding carboxylic acids is 2. The summed E-state index contributed by atoms with van der Waals surface area (Å²) in [6.45, 7) is 14.0. The molecular formula is C26H36N2O3. The maximum atomic E-state index is 13.2. The van der Waals surface area contributed by atoms with Crippen LogP contribution in [0.25, 0.3) is 0 Å². The summed E-state index contributed by atoms with van der Waals surface area (Å²) in [7, 11) is 0. The van der Waals surface area contributed by atoms with E-state index in [2.05, 4.69) is 11.4 Å². The molecule has 0 fully saturated rings. The molecule has 2 aromatic carbocycles. The molecule has 5 heteroatoms. The smallest absolute Gasteiger partial charge is 0.261 e. The van der Waals surface area contributed by atoms with Crippen molar-refractivity contribution < 1.29 is 14.3 Å². The Morgan fingerprint density at radius 1 is 1.03 bits per heavy atom. The molecule has 0 aliphatic carbocycles. The Kier molecular flexibility index (Phi) is 8.66. The van der Waals surface area contributed by atoms with E-state index < -0.39 is 6.04 Å². The molecular weight excluding hydrogens is 388 g/mol. The first kappa shape index (κ1) is 24.4. The molecule has 0 aromatic heterocycles. The monoisotopic (exact) mass is 424 g/mol. The molecule has 0 bridgehead atoms. The van der Waals surface area contributed by atoms with Gasteiger partial charge in [-0.25, -0.2) is 0 Å². The number of rotatable bonds is 9. The van der Waals surface area contributed by atoms with E-state index in [1.807, 2.05) is 71.9 Å². The number of amides is 2. The van der Waals surface area contributed by atoms with Crippen molar-refractivity contribution in [2.24, 2.45) is 0 Å². The van der Waals surface area contributed by atoms with Crippen molar-refractivity contribution in [2.45, 2.75) is 73.5 Å². The molecule has 2 rings (SSSR count). The number of nitrogens with zero attached hydrogens (tertiary/aromatic N) is 1. The molecule has 0 aliphatic rings. The van der Waals surface area contributed by atoms with Crippen LogP contribution in [-0.4, -0.2) is 35.4 Å². The second-order valence-electron chi connectivity index (χ2n) is 8.50. The van der Waals surface area contributed by atoms with Crippen LogP contribution in [0.5, 0.6) is 5.75 Å². The molecule has 2 aromatic rings. The van der Waals surface area contributed by atoms with E-state index in [4.69, 9.17) is 4.74 Å². The van der Waals surface area contributed by atoms with Crippen LogP contribution in [-0.2, 0) is 16.1 Å². The highest BCUT2D eigenvalue weighted by molar-refractivity contribution is 5.88. The van der Waals surface area contributed by atoms with Crippen molar-refractivity contribution in [3.63, 3.8) is 0 Å². The predicted molar refractivity (Wildman–Crippen MR) is 125 cm³/mol. The highest BCUT2D eigenvalue weighted by Crippen LogP contribution is 2.23. The van der Waals surface area contributed by atoms with Gasteiger partial charge in [0.1, 0.15) is 11.8 Å². The minimum absolute atomic E-state index is 0.0556. The summed E-state index contributed by atoms with van der Waals surface area (Å²) in [5, 5.41) is 2.99. The van der Waals surface area contributed by atoms with Crippen LogP contribution in [0.2, 0.25) is 0 Å². The maximum Gasteiger partial charge on any atom is 0.261 e. The first-order chi connectivity index (χ1) is 14.6. The zero-order valence-electron chi connectivity index (χ0n) is 19.9. The minimum atomic E-state index is -0.606. The van der Waals surface area contributed by atoms with Gasteiger partial charge in [0.05, 0.1) is 0 Å². The highest BCUT2D eigenvalue weighted by atomic mass is 16.5. The quantitative estimate of drug-likeness (QED) is 0.638. The van der Waals surface area contributed by atoms with E-state index >= 15 is 0 Å². The lowest BCUT2D eigenvalue weighted by atomic mass is 10.1. The third kappa shape index (κ3) is 6.84. The average molecular weight is 425 g/mol. The standard InChI is InChI=1S/C26H36N2O3/c1-8-20(5)27-26(30)22(7)28(15-23-11-9-10-17(2)13-23)25(29)16-31-24-14-18(3)12-19(4)21(24)6/h9-14,20,22H,8,15-16H2,1-7H3,(H,27,30)/t20-,22+/m1/s1. The van der Waals surface area contributed by atoms with Gasteiger partial charge in [-0.05, 0) is 76.3 Å². The van der Waals surface area contributed by atoms with Crippen LogP contribution < -0.4 is 10.1 Å². The van der Waals surface area contributed by atoms with E-state index in [-0.39, 0.29) is 24.5 Å². The number of benzene rings is 2. The molecule has 2 amide bonds.